The van der Waals surface area contributed by atoms with Crippen molar-refractivity contribution in [1.29, 1.82) is 0 Å². The fraction of sp³-hybridized carbons (Fsp3) is 0.533. The molecular formula is C15H19FN2O3. The number of carbonyl (C=O) groups is 1. The Morgan fingerprint density at radius 1 is 1.52 bits per heavy atom. The third-order valence-corrected chi connectivity index (χ3v) is 5.04. The average molecular weight is 294 g/mol. The molecule has 6 heteroatoms. The average Bonchev–Trinajstić information content (AvgIpc) is 2.90. The summed E-state index contributed by atoms with van der Waals surface area (Å²) >= 11 is 0. The molecule has 3 rings (SSSR count). The molecule has 0 spiro atoms. The van der Waals surface area contributed by atoms with Gasteiger partial charge in [-0.3, -0.25) is 4.79 Å². The summed E-state index contributed by atoms with van der Waals surface area (Å²) in [6.07, 6.45) is 0.742. The van der Waals surface area contributed by atoms with E-state index < -0.39 is 22.5 Å². The van der Waals surface area contributed by atoms with Crippen molar-refractivity contribution in [2.45, 2.75) is 31.9 Å². The summed E-state index contributed by atoms with van der Waals surface area (Å²) in [5.41, 5.74) is 5.15. The SMILES string of the molecule is CC1(C)C2OCCC2C1(N)C(=O)Nc1ccc(O)c(F)c1. The van der Waals surface area contributed by atoms with Crippen LogP contribution in [0.25, 0.3) is 0 Å². The van der Waals surface area contributed by atoms with Gasteiger partial charge in [-0.2, -0.15) is 0 Å². The molecule has 1 aromatic carbocycles. The van der Waals surface area contributed by atoms with Crippen molar-refractivity contribution in [2.75, 3.05) is 11.9 Å². The maximum atomic E-state index is 13.3. The fourth-order valence-corrected chi connectivity index (χ4v) is 3.66. The molecular weight excluding hydrogens is 275 g/mol. The zero-order valence-corrected chi connectivity index (χ0v) is 12.0. The van der Waals surface area contributed by atoms with Crippen LogP contribution in [0, 0.1) is 17.2 Å². The normalized spacial score (nSPS) is 33.1. The highest BCUT2D eigenvalue weighted by atomic mass is 19.1. The number of fused-ring (bicyclic) bond motifs is 1. The van der Waals surface area contributed by atoms with Gasteiger partial charge in [0.1, 0.15) is 5.54 Å². The molecule has 1 aliphatic carbocycles. The number of amides is 1. The zero-order valence-electron chi connectivity index (χ0n) is 12.0. The summed E-state index contributed by atoms with van der Waals surface area (Å²) in [6.45, 7) is 4.44. The van der Waals surface area contributed by atoms with E-state index in [1.54, 1.807) is 0 Å². The molecule has 3 atom stereocenters. The first-order valence-electron chi connectivity index (χ1n) is 6.99. The Bertz CT molecular complexity index is 605. The Morgan fingerprint density at radius 2 is 2.24 bits per heavy atom. The quantitative estimate of drug-likeness (QED) is 0.724. The van der Waals surface area contributed by atoms with E-state index in [9.17, 15) is 14.3 Å². The lowest BCUT2D eigenvalue weighted by Gasteiger charge is -2.60. The molecule has 0 bridgehead atoms. The Hall–Kier alpha value is -1.66. The second-order valence-corrected chi connectivity index (χ2v) is 6.40. The smallest absolute Gasteiger partial charge is 0.245 e. The Morgan fingerprint density at radius 3 is 2.90 bits per heavy atom. The predicted octanol–water partition coefficient (Wildman–Crippen LogP) is 1.61. The number of benzene rings is 1. The van der Waals surface area contributed by atoms with Crippen LogP contribution in [0.5, 0.6) is 5.75 Å². The minimum absolute atomic E-state index is 0.00944. The van der Waals surface area contributed by atoms with E-state index in [2.05, 4.69) is 5.32 Å². The number of halogens is 1. The largest absolute Gasteiger partial charge is 0.505 e. The van der Waals surface area contributed by atoms with Crippen LogP contribution in [0.3, 0.4) is 0 Å². The van der Waals surface area contributed by atoms with E-state index in [0.29, 0.717) is 6.61 Å². The third kappa shape index (κ3) is 1.79. The molecule has 1 saturated carbocycles. The lowest BCUT2D eigenvalue weighted by molar-refractivity contribution is -0.170. The number of nitrogens with one attached hydrogen (secondary N) is 1. The molecule has 3 unspecified atom stereocenters. The highest BCUT2D eigenvalue weighted by Crippen LogP contribution is 2.58. The highest BCUT2D eigenvalue weighted by Gasteiger charge is 2.71. The van der Waals surface area contributed by atoms with E-state index in [1.165, 1.54) is 12.1 Å². The molecule has 0 radical (unpaired) electrons. The van der Waals surface area contributed by atoms with Gasteiger partial charge in [0.15, 0.2) is 11.6 Å². The van der Waals surface area contributed by atoms with E-state index in [1.807, 2.05) is 13.8 Å². The summed E-state index contributed by atoms with van der Waals surface area (Å²) in [6, 6.07) is 3.71. The van der Waals surface area contributed by atoms with Gasteiger partial charge in [0.05, 0.1) is 6.10 Å². The fourth-order valence-electron chi connectivity index (χ4n) is 3.66. The molecule has 1 aliphatic heterocycles. The second kappa shape index (κ2) is 4.42. The molecule has 0 aromatic heterocycles. The number of ether oxygens (including phenoxy) is 1. The molecule has 21 heavy (non-hydrogen) atoms. The van der Waals surface area contributed by atoms with Gasteiger partial charge >= 0.3 is 0 Å². The van der Waals surface area contributed by atoms with Crippen LogP contribution in [0.15, 0.2) is 18.2 Å². The molecule has 1 saturated heterocycles. The molecule has 4 N–H and O–H groups in total. The third-order valence-electron chi connectivity index (χ3n) is 5.04. The van der Waals surface area contributed by atoms with E-state index >= 15 is 0 Å². The number of phenols is 1. The van der Waals surface area contributed by atoms with Crippen LogP contribution >= 0.6 is 0 Å². The topological polar surface area (TPSA) is 84.6 Å². The number of hydrogen-bond donors (Lipinski definition) is 3. The standard InChI is InChI=1S/C15H19FN2O3/c1-14(2)12-9(5-6-21-12)15(14,17)13(20)18-8-3-4-11(19)10(16)7-8/h3-4,7,9,12,19H,5-6,17H2,1-2H3,(H,18,20). The van der Waals surface area contributed by atoms with Gasteiger partial charge in [-0.25, -0.2) is 4.39 Å². The first-order chi connectivity index (χ1) is 9.78. The molecule has 1 aromatic rings. The van der Waals surface area contributed by atoms with Gasteiger partial charge in [-0.05, 0) is 18.6 Å². The second-order valence-electron chi connectivity index (χ2n) is 6.40. The lowest BCUT2D eigenvalue weighted by atomic mass is 9.48. The summed E-state index contributed by atoms with van der Waals surface area (Å²) in [7, 11) is 0. The summed E-state index contributed by atoms with van der Waals surface area (Å²) in [4.78, 5) is 12.6. The van der Waals surface area contributed by atoms with Crippen LogP contribution in [0.2, 0.25) is 0 Å². The van der Waals surface area contributed by atoms with Crippen molar-refractivity contribution >= 4 is 11.6 Å². The Balaban J connectivity index is 1.83. The maximum Gasteiger partial charge on any atom is 0.245 e. The first kappa shape index (κ1) is 14.3. The molecule has 114 valence electrons. The molecule has 1 heterocycles. The van der Waals surface area contributed by atoms with Crippen molar-refractivity contribution in [3.8, 4) is 5.75 Å². The van der Waals surface area contributed by atoms with Gasteiger partial charge in [0.25, 0.3) is 0 Å². The Labute approximate surface area is 122 Å². The van der Waals surface area contributed by atoms with Crippen molar-refractivity contribution < 1.29 is 19.0 Å². The van der Waals surface area contributed by atoms with Crippen LogP contribution in [-0.4, -0.2) is 29.3 Å². The summed E-state index contributed by atoms with van der Waals surface area (Å²) in [5, 5.41) is 11.8. The lowest BCUT2D eigenvalue weighted by Crippen LogP contribution is -2.79. The van der Waals surface area contributed by atoms with Gasteiger partial charge in [-0.1, -0.05) is 13.8 Å². The minimum atomic E-state index is -1.04. The van der Waals surface area contributed by atoms with Gasteiger partial charge in [0, 0.05) is 29.7 Å². The van der Waals surface area contributed by atoms with E-state index in [0.717, 1.165) is 12.5 Å². The molecule has 1 amide bonds. The van der Waals surface area contributed by atoms with Crippen LogP contribution < -0.4 is 11.1 Å². The Kier molecular flexibility index (Phi) is 3.00. The van der Waals surface area contributed by atoms with Crippen LogP contribution in [-0.2, 0) is 9.53 Å². The summed E-state index contributed by atoms with van der Waals surface area (Å²) < 4.78 is 19.0. The number of rotatable bonds is 2. The monoisotopic (exact) mass is 294 g/mol. The van der Waals surface area contributed by atoms with E-state index in [-0.39, 0.29) is 23.6 Å². The van der Waals surface area contributed by atoms with Crippen LogP contribution in [0.4, 0.5) is 10.1 Å². The predicted molar refractivity (Wildman–Crippen MR) is 75.2 cm³/mol. The van der Waals surface area contributed by atoms with Gasteiger partial charge in [-0.15, -0.1) is 0 Å². The van der Waals surface area contributed by atoms with Crippen molar-refractivity contribution in [3.05, 3.63) is 24.0 Å². The number of anilines is 1. The summed E-state index contributed by atoms with van der Waals surface area (Å²) in [5.74, 6) is -1.60. The maximum absolute atomic E-state index is 13.3. The zero-order chi connectivity index (χ0) is 15.4. The molecule has 2 aliphatic rings. The highest BCUT2D eigenvalue weighted by molar-refractivity contribution is 6.00. The number of carbonyl (C=O) groups excluding carboxylic acids is 1. The van der Waals surface area contributed by atoms with Crippen LogP contribution in [0.1, 0.15) is 20.3 Å². The van der Waals surface area contributed by atoms with Crippen molar-refractivity contribution in [3.63, 3.8) is 0 Å². The minimum Gasteiger partial charge on any atom is -0.505 e. The number of phenolic OH excluding ortho intramolecular Hbond substituents is 1. The van der Waals surface area contributed by atoms with Crippen molar-refractivity contribution in [1.82, 2.24) is 0 Å². The number of hydrogen-bond acceptors (Lipinski definition) is 4. The van der Waals surface area contributed by atoms with Crippen molar-refractivity contribution in [2.24, 2.45) is 17.1 Å². The van der Waals surface area contributed by atoms with Gasteiger partial charge in [0.2, 0.25) is 5.91 Å². The molecule has 2 fully saturated rings. The van der Waals surface area contributed by atoms with E-state index in [4.69, 9.17) is 10.5 Å². The number of aromatic hydroxyl groups is 1. The molecule has 5 nitrogen and oxygen atoms in total. The van der Waals surface area contributed by atoms with Gasteiger partial charge < -0.3 is 20.9 Å². The first-order valence-corrected chi connectivity index (χ1v) is 6.99. The number of nitrogens with two attached hydrogens (primary N) is 1.